The van der Waals surface area contributed by atoms with Gasteiger partial charge in [0.15, 0.2) is 0 Å². The van der Waals surface area contributed by atoms with Crippen molar-refractivity contribution in [2.75, 3.05) is 23.7 Å². The SMILES string of the molecule is CCN(CC)c1ccc(C=Nn2nnnc2N)cc1. The van der Waals surface area contributed by atoms with E-state index >= 15 is 0 Å². The van der Waals surface area contributed by atoms with Gasteiger partial charge in [0, 0.05) is 18.8 Å². The average Bonchev–Trinajstić information content (AvgIpc) is 2.85. The topological polar surface area (TPSA) is 85.2 Å². The van der Waals surface area contributed by atoms with Crippen molar-refractivity contribution in [1.82, 2.24) is 20.3 Å². The first kappa shape index (κ1) is 13.0. The number of anilines is 2. The molecule has 1 aromatic carbocycles. The van der Waals surface area contributed by atoms with E-state index < -0.39 is 0 Å². The van der Waals surface area contributed by atoms with Gasteiger partial charge in [0.05, 0.1) is 6.21 Å². The summed E-state index contributed by atoms with van der Waals surface area (Å²) in [7, 11) is 0. The van der Waals surface area contributed by atoms with Crippen LogP contribution in [0.15, 0.2) is 29.4 Å². The molecule has 1 heterocycles. The Morgan fingerprint density at radius 3 is 2.47 bits per heavy atom. The molecule has 0 atom stereocenters. The van der Waals surface area contributed by atoms with Crippen LogP contribution in [0.4, 0.5) is 11.6 Å². The molecule has 2 rings (SSSR count). The minimum absolute atomic E-state index is 0.163. The van der Waals surface area contributed by atoms with Crippen molar-refractivity contribution in [2.45, 2.75) is 13.8 Å². The minimum Gasteiger partial charge on any atom is -0.372 e. The number of aromatic nitrogens is 4. The first-order valence-corrected chi connectivity index (χ1v) is 6.17. The van der Waals surface area contributed by atoms with Crippen molar-refractivity contribution >= 4 is 17.9 Å². The molecule has 1 aromatic heterocycles. The van der Waals surface area contributed by atoms with Crippen LogP contribution in [0.5, 0.6) is 0 Å². The van der Waals surface area contributed by atoms with Crippen molar-refractivity contribution in [3.63, 3.8) is 0 Å². The smallest absolute Gasteiger partial charge is 0.263 e. The number of nitrogens with zero attached hydrogens (tertiary/aromatic N) is 6. The second-order valence-corrected chi connectivity index (χ2v) is 3.93. The van der Waals surface area contributed by atoms with Crippen LogP contribution < -0.4 is 10.6 Å². The number of hydrogen-bond donors (Lipinski definition) is 1. The molecule has 2 N–H and O–H groups in total. The molecule has 100 valence electrons. The zero-order valence-electron chi connectivity index (χ0n) is 11.1. The summed E-state index contributed by atoms with van der Waals surface area (Å²) in [6.07, 6.45) is 1.67. The summed E-state index contributed by atoms with van der Waals surface area (Å²) in [5.41, 5.74) is 7.67. The van der Waals surface area contributed by atoms with Gasteiger partial charge in [-0.05, 0) is 42.0 Å². The molecule has 0 amide bonds. The average molecular weight is 259 g/mol. The number of nitrogen functional groups attached to an aromatic ring is 1. The van der Waals surface area contributed by atoms with E-state index in [1.165, 1.54) is 10.5 Å². The molecule has 0 unspecified atom stereocenters. The zero-order valence-corrected chi connectivity index (χ0v) is 11.1. The monoisotopic (exact) mass is 259 g/mol. The fourth-order valence-electron chi connectivity index (χ4n) is 1.75. The van der Waals surface area contributed by atoms with Gasteiger partial charge >= 0.3 is 0 Å². The van der Waals surface area contributed by atoms with Crippen molar-refractivity contribution in [2.24, 2.45) is 5.10 Å². The Bertz CT molecular complexity index is 539. The highest BCUT2D eigenvalue weighted by molar-refractivity contribution is 5.80. The fraction of sp³-hybridized carbons (Fsp3) is 0.333. The Kier molecular flexibility index (Phi) is 4.07. The van der Waals surface area contributed by atoms with Gasteiger partial charge < -0.3 is 10.6 Å². The van der Waals surface area contributed by atoms with E-state index in [-0.39, 0.29) is 5.95 Å². The van der Waals surface area contributed by atoms with E-state index in [2.05, 4.69) is 51.5 Å². The van der Waals surface area contributed by atoms with Gasteiger partial charge in [-0.2, -0.15) is 5.10 Å². The molecule has 7 heteroatoms. The molecule has 0 radical (unpaired) electrons. The molecule has 0 saturated carbocycles. The minimum atomic E-state index is 0.163. The predicted molar refractivity (Wildman–Crippen MR) is 75.2 cm³/mol. The first-order chi connectivity index (χ1) is 9.24. The molecule has 2 aromatic rings. The summed E-state index contributed by atoms with van der Waals surface area (Å²) in [4.78, 5) is 3.46. The number of tetrazole rings is 1. The fourth-order valence-corrected chi connectivity index (χ4v) is 1.75. The van der Waals surface area contributed by atoms with E-state index in [4.69, 9.17) is 5.73 Å². The molecule has 0 saturated heterocycles. The van der Waals surface area contributed by atoms with Crippen molar-refractivity contribution in [3.8, 4) is 0 Å². The largest absolute Gasteiger partial charge is 0.372 e. The maximum absolute atomic E-state index is 5.51. The molecule has 0 fully saturated rings. The van der Waals surface area contributed by atoms with Gasteiger partial charge in [0.1, 0.15) is 0 Å². The summed E-state index contributed by atoms with van der Waals surface area (Å²) in [6, 6.07) is 8.13. The molecular weight excluding hydrogens is 242 g/mol. The highest BCUT2D eigenvalue weighted by Gasteiger charge is 2.01. The molecule has 19 heavy (non-hydrogen) atoms. The quantitative estimate of drug-likeness (QED) is 0.809. The van der Waals surface area contributed by atoms with Gasteiger partial charge in [-0.3, -0.25) is 0 Å². The number of rotatable bonds is 5. The third-order valence-corrected chi connectivity index (χ3v) is 2.81. The Morgan fingerprint density at radius 2 is 1.95 bits per heavy atom. The van der Waals surface area contributed by atoms with Crippen LogP contribution in [-0.2, 0) is 0 Å². The number of benzene rings is 1. The standard InChI is InChI=1S/C12H17N7/c1-3-18(4-2)11-7-5-10(6-8-11)9-14-19-12(13)15-16-17-19/h5-9H,3-4H2,1-2H3,(H2,13,15,17). The van der Waals surface area contributed by atoms with Crippen LogP contribution in [0.25, 0.3) is 0 Å². The summed E-state index contributed by atoms with van der Waals surface area (Å²) >= 11 is 0. The summed E-state index contributed by atoms with van der Waals surface area (Å²) < 4.78 is 0. The summed E-state index contributed by atoms with van der Waals surface area (Å²) in [5, 5.41) is 14.7. The lowest BCUT2D eigenvalue weighted by molar-refractivity contribution is 0.699. The Labute approximate surface area is 111 Å². The third kappa shape index (κ3) is 3.06. The van der Waals surface area contributed by atoms with Crippen molar-refractivity contribution in [3.05, 3.63) is 29.8 Å². The second-order valence-electron chi connectivity index (χ2n) is 3.93. The maximum atomic E-state index is 5.51. The van der Waals surface area contributed by atoms with Crippen LogP contribution in [0.2, 0.25) is 0 Å². The normalized spacial score (nSPS) is 11.1. The first-order valence-electron chi connectivity index (χ1n) is 6.17. The molecule has 0 spiro atoms. The Hall–Kier alpha value is -2.44. The van der Waals surface area contributed by atoms with Crippen LogP contribution in [-0.4, -0.2) is 39.6 Å². The highest BCUT2D eigenvalue weighted by Crippen LogP contribution is 2.14. The van der Waals surface area contributed by atoms with Crippen LogP contribution in [0.3, 0.4) is 0 Å². The lowest BCUT2D eigenvalue weighted by Crippen LogP contribution is -2.21. The van der Waals surface area contributed by atoms with Gasteiger partial charge in [-0.1, -0.05) is 22.0 Å². The van der Waals surface area contributed by atoms with Gasteiger partial charge in [0.25, 0.3) is 5.95 Å². The van der Waals surface area contributed by atoms with E-state index in [0.29, 0.717) is 0 Å². The molecule has 7 nitrogen and oxygen atoms in total. The van der Waals surface area contributed by atoms with Crippen LogP contribution in [0, 0.1) is 0 Å². The lowest BCUT2D eigenvalue weighted by atomic mass is 10.2. The Morgan fingerprint density at radius 1 is 1.26 bits per heavy atom. The highest BCUT2D eigenvalue weighted by atomic mass is 15.7. The predicted octanol–water partition coefficient (Wildman–Crippen LogP) is 0.984. The zero-order chi connectivity index (χ0) is 13.7. The number of nitrogens with two attached hydrogens (primary N) is 1. The summed E-state index contributed by atoms with van der Waals surface area (Å²) in [6.45, 7) is 6.26. The molecule has 0 aliphatic carbocycles. The van der Waals surface area contributed by atoms with Crippen LogP contribution in [0.1, 0.15) is 19.4 Å². The summed E-state index contributed by atoms with van der Waals surface area (Å²) in [5.74, 6) is 0.163. The maximum Gasteiger partial charge on any atom is 0.263 e. The second kappa shape index (κ2) is 5.94. The van der Waals surface area contributed by atoms with E-state index in [0.717, 1.165) is 18.7 Å². The van der Waals surface area contributed by atoms with Crippen LogP contribution >= 0.6 is 0 Å². The van der Waals surface area contributed by atoms with E-state index in [1.807, 2.05) is 12.1 Å². The van der Waals surface area contributed by atoms with Gasteiger partial charge in [0.2, 0.25) is 0 Å². The van der Waals surface area contributed by atoms with E-state index in [1.54, 1.807) is 6.21 Å². The van der Waals surface area contributed by atoms with Gasteiger partial charge in [-0.25, -0.2) is 0 Å². The Balaban J connectivity index is 2.11. The molecule has 0 aliphatic heterocycles. The van der Waals surface area contributed by atoms with E-state index in [9.17, 15) is 0 Å². The van der Waals surface area contributed by atoms with Crippen molar-refractivity contribution in [1.29, 1.82) is 0 Å². The molecule has 0 aliphatic rings. The number of hydrogen-bond acceptors (Lipinski definition) is 6. The third-order valence-electron chi connectivity index (χ3n) is 2.81. The molecular formula is C12H17N7. The lowest BCUT2D eigenvalue weighted by Gasteiger charge is -2.20. The van der Waals surface area contributed by atoms with Gasteiger partial charge in [-0.15, -0.1) is 0 Å². The van der Waals surface area contributed by atoms with Crippen molar-refractivity contribution < 1.29 is 0 Å². The molecule has 0 bridgehead atoms.